The van der Waals surface area contributed by atoms with Gasteiger partial charge < -0.3 is 14.2 Å². The van der Waals surface area contributed by atoms with Crippen molar-refractivity contribution in [2.24, 2.45) is 0 Å². The van der Waals surface area contributed by atoms with Gasteiger partial charge in [0.05, 0.1) is 43.7 Å². The number of benzene rings is 1. The molecule has 128 valence electrons. The van der Waals surface area contributed by atoms with Crippen molar-refractivity contribution in [1.82, 2.24) is 15.0 Å². The Labute approximate surface area is 146 Å². The highest BCUT2D eigenvalue weighted by molar-refractivity contribution is 5.67. The lowest BCUT2D eigenvalue weighted by molar-refractivity contribution is 0.129. The summed E-state index contributed by atoms with van der Waals surface area (Å²) < 4.78 is 16.2. The topological polar surface area (TPSA) is 66.4 Å². The fourth-order valence-electron chi connectivity index (χ4n) is 2.55. The minimum atomic E-state index is -0.361. The smallest absolute Gasteiger partial charge is 0.142 e. The predicted octanol–water partition coefficient (Wildman–Crippen LogP) is 3.29. The van der Waals surface area contributed by atoms with Crippen LogP contribution in [0.5, 0.6) is 11.5 Å². The number of methoxy groups -OCH3 is 3. The molecule has 0 radical (unpaired) electrons. The first-order valence-corrected chi connectivity index (χ1v) is 7.75. The Bertz CT molecular complexity index is 823. The third-order valence-corrected chi connectivity index (χ3v) is 3.82. The molecule has 0 saturated heterocycles. The molecule has 25 heavy (non-hydrogen) atoms. The van der Waals surface area contributed by atoms with Gasteiger partial charge in [-0.2, -0.15) is 0 Å². The van der Waals surface area contributed by atoms with Gasteiger partial charge in [-0.3, -0.25) is 15.0 Å². The zero-order valence-electron chi connectivity index (χ0n) is 14.3. The van der Waals surface area contributed by atoms with E-state index >= 15 is 0 Å². The zero-order valence-corrected chi connectivity index (χ0v) is 14.3. The van der Waals surface area contributed by atoms with Crippen LogP contribution in [-0.2, 0) is 4.74 Å². The van der Waals surface area contributed by atoms with E-state index in [-0.39, 0.29) is 6.10 Å². The summed E-state index contributed by atoms with van der Waals surface area (Å²) in [6.07, 6.45) is 4.77. The highest BCUT2D eigenvalue weighted by Crippen LogP contribution is 2.32. The molecule has 0 fully saturated rings. The van der Waals surface area contributed by atoms with Crippen LogP contribution in [0.1, 0.15) is 17.5 Å². The van der Waals surface area contributed by atoms with Crippen LogP contribution in [0.25, 0.3) is 11.3 Å². The summed E-state index contributed by atoms with van der Waals surface area (Å²) in [4.78, 5) is 13.3. The third-order valence-electron chi connectivity index (χ3n) is 3.82. The number of rotatable bonds is 6. The quantitative estimate of drug-likeness (QED) is 0.688. The van der Waals surface area contributed by atoms with Crippen molar-refractivity contribution >= 4 is 0 Å². The van der Waals surface area contributed by atoms with Gasteiger partial charge in [0.15, 0.2) is 0 Å². The van der Waals surface area contributed by atoms with Gasteiger partial charge in [0.25, 0.3) is 0 Å². The van der Waals surface area contributed by atoms with Crippen LogP contribution in [0.3, 0.4) is 0 Å². The largest absolute Gasteiger partial charge is 0.497 e. The molecule has 0 aliphatic heterocycles. The summed E-state index contributed by atoms with van der Waals surface area (Å²) in [6.45, 7) is 0. The number of nitrogens with zero attached hydrogens (tertiary/aromatic N) is 3. The summed E-state index contributed by atoms with van der Waals surface area (Å²) in [5, 5.41) is 0. The van der Waals surface area contributed by atoms with E-state index in [0.717, 1.165) is 17.0 Å². The van der Waals surface area contributed by atoms with Crippen LogP contribution >= 0.6 is 0 Å². The lowest BCUT2D eigenvalue weighted by Gasteiger charge is -2.14. The van der Waals surface area contributed by atoms with E-state index in [0.29, 0.717) is 17.1 Å². The lowest BCUT2D eigenvalue weighted by atomic mass is 10.1. The maximum Gasteiger partial charge on any atom is 0.142 e. The first-order chi connectivity index (χ1) is 12.3. The highest BCUT2D eigenvalue weighted by Gasteiger charge is 2.17. The van der Waals surface area contributed by atoms with Crippen LogP contribution < -0.4 is 9.47 Å². The van der Waals surface area contributed by atoms with E-state index in [1.165, 1.54) is 0 Å². The van der Waals surface area contributed by atoms with Gasteiger partial charge in [0, 0.05) is 24.9 Å². The van der Waals surface area contributed by atoms with Gasteiger partial charge in [-0.05, 0) is 24.3 Å². The van der Waals surface area contributed by atoms with Crippen molar-refractivity contribution in [3.05, 3.63) is 66.4 Å². The second kappa shape index (κ2) is 7.72. The van der Waals surface area contributed by atoms with E-state index in [2.05, 4.69) is 15.0 Å². The molecule has 0 aliphatic rings. The number of hydrogen-bond donors (Lipinski definition) is 0. The predicted molar refractivity (Wildman–Crippen MR) is 93.7 cm³/mol. The van der Waals surface area contributed by atoms with Crippen molar-refractivity contribution in [3.63, 3.8) is 0 Å². The lowest BCUT2D eigenvalue weighted by Crippen LogP contribution is -2.08. The Morgan fingerprint density at radius 3 is 2.32 bits per heavy atom. The number of aromatic nitrogens is 3. The van der Waals surface area contributed by atoms with Gasteiger partial charge >= 0.3 is 0 Å². The van der Waals surface area contributed by atoms with Crippen LogP contribution in [-0.4, -0.2) is 36.3 Å². The molecule has 1 atom stereocenters. The molecule has 1 aromatic carbocycles. The van der Waals surface area contributed by atoms with Crippen LogP contribution in [0.15, 0.2) is 55.0 Å². The summed E-state index contributed by atoms with van der Waals surface area (Å²) in [6, 6.07) is 11.2. The second-order valence-corrected chi connectivity index (χ2v) is 5.26. The average Bonchev–Trinajstić information content (AvgIpc) is 2.69. The summed E-state index contributed by atoms with van der Waals surface area (Å²) in [5.41, 5.74) is 3.03. The fraction of sp³-hybridized carbons (Fsp3) is 0.211. The molecular weight excluding hydrogens is 318 g/mol. The van der Waals surface area contributed by atoms with Crippen molar-refractivity contribution < 1.29 is 14.2 Å². The van der Waals surface area contributed by atoms with Gasteiger partial charge in [-0.1, -0.05) is 6.07 Å². The Balaban J connectivity index is 1.92. The van der Waals surface area contributed by atoms with E-state index in [1.807, 2.05) is 36.4 Å². The van der Waals surface area contributed by atoms with Gasteiger partial charge in [0.1, 0.15) is 17.6 Å². The fourth-order valence-corrected chi connectivity index (χ4v) is 2.55. The van der Waals surface area contributed by atoms with E-state index in [4.69, 9.17) is 14.2 Å². The molecule has 3 rings (SSSR count). The highest BCUT2D eigenvalue weighted by atomic mass is 16.5. The van der Waals surface area contributed by atoms with Gasteiger partial charge in [0.2, 0.25) is 0 Å². The third kappa shape index (κ3) is 3.59. The Kier molecular flexibility index (Phi) is 5.20. The Morgan fingerprint density at radius 2 is 1.72 bits per heavy atom. The van der Waals surface area contributed by atoms with E-state index in [1.54, 1.807) is 39.9 Å². The number of pyridine rings is 1. The molecule has 0 saturated carbocycles. The van der Waals surface area contributed by atoms with Gasteiger partial charge in [-0.25, -0.2) is 0 Å². The number of hydrogen-bond acceptors (Lipinski definition) is 6. The minimum Gasteiger partial charge on any atom is -0.497 e. The Hall–Kier alpha value is -2.99. The van der Waals surface area contributed by atoms with Crippen molar-refractivity contribution in [2.75, 3.05) is 21.3 Å². The molecule has 0 amide bonds. The van der Waals surface area contributed by atoms with Crippen molar-refractivity contribution in [3.8, 4) is 22.8 Å². The average molecular weight is 337 g/mol. The van der Waals surface area contributed by atoms with Gasteiger partial charge in [-0.15, -0.1) is 0 Å². The standard InChI is InChI=1S/C19H19N3O3/c1-23-13-7-8-14(18(10-13)24-2)16-11-22-17(12-21-16)19(25-3)15-6-4-5-9-20-15/h4-12,19H,1-3H3. The second-order valence-electron chi connectivity index (χ2n) is 5.26. The first kappa shape index (κ1) is 16.9. The molecule has 6 heteroatoms. The van der Waals surface area contributed by atoms with Crippen LogP contribution in [0.2, 0.25) is 0 Å². The molecule has 6 nitrogen and oxygen atoms in total. The first-order valence-electron chi connectivity index (χ1n) is 7.75. The molecule has 0 bridgehead atoms. The maximum atomic E-state index is 5.54. The monoisotopic (exact) mass is 337 g/mol. The molecule has 0 N–H and O–H groups in total. The summed E-state index contributed by atoms with van der Waals surface area (Å²) in [5.74, 6) is 1.40. The molecule has 1 unspecified atom stereocenters. The zero-order chi connectivity index (χ0) is 17.6. The summed E-state index contributed by atoms with van der Waals surface area (Å²) in [7, 11) is 4.86. The van der Waals surface area contributed by atoms with Crippen molar-refractivity contribution in [2.45, 2.75) is 6.10 Å². The molecule has 3 aromatic rings. The molecular formula is C19H19N3O3. The van der Waals surface area contributed by atoms with Crippen LogP contribution in [0.4, 0.5) is 0 Å². The molecule has 0 spiro atoms. The van der Waals surface area contributed by atoms with Crippen LogP contribution in [0, 0.1) is 0 Å². The molecule has 2 heterocycles. The normalized spacial score (nSPS) is 11.8. The van der Waals surface area contributed by atoms with E-state index in [9.17, 15) is 0 Å². The number of ether oxygens (including phenoxy) is 3. The summed E-state index contributed by atoms with van der Waals surface area (Å²) >= 11 is 0. The van der Waals surface area contributed by atoms with E-state index < -0.39 is 0 Å². The SMILES string of the molecule is COc1ccc(-c2cnc(C(OC)c3ccccn3)cn2)c(OC)c1. The minimum absolute atomic E-state index is 0.361. The van der Waals surface area contributed by atoms with Crippen molar-refractivity contribution in [1.29, 1.82) is 0 Å². The Morgan fingerprint density at radius 1 is 0.840 bits per heavy atom. The maximum absolute atomic E-state index is 5.54. The molecule has 2 aromatic heterocycles. The molecule has 0 aliphatic carbocycles.